The number of hydrogen-bond acceptors (Lipinski definition) is 5. The number of anilines is 1. The van der Waals surface area contributed by atoms with E-state index >= 15 is 0 Å². The van der Waals surface area contributed by atoms with E-state index in [1.807, 2.05) is 18.2 Å². The first-order valence-corrected chi connectivity index (χ1v) is 7.98. The molecule has 2 amide bonds. The Bertz CT molecular complexity index is 923. The van der Waals surface area contributed by atoms with Crippen LogP contribution in [-0.2, 0) is 16.1 Å². The molecule has 0 aromatic carbocycles. The molecule has 1 aliphatic heterocycles. The summed E-state index contributed by atoms with van der Waals surface area (Å²) >= 11 is 0. The van der Waals surface area contributed by atoms with Crippen LogP contribution in [0.5, 0.6) is 0 Å². The number of pyridine rings is 1. The van der Waals surface area contributed by atoms with Crippen molar-refractivity contribution in [1.29, 1.82) is 0 Å². The average molecular weight is 336 g/mol. The highest BCUT2D eigenvalue weighted by Gasteiger charge is 2.34. The summed E-state index contributed by atoms with van der Waals surface area (Å²) in [5, 5.41) is 6.98. The van der Waals surface area contributed by atoms with Crippen LogP contribution in [0.4, 0.5) is 5.82 Å². The van der Waals surface area contributed by atoms with Crippen LogP contribution in [-0.4, -0.2) is 42.8 Å². The Morgan fingerprint density at radius 3 is 2.92 bits per heavy atom. The number of nitrogens with zero attached hydrogens (tertiary/aromatic N) is 5. The van der Waals surface area contributed by atoms with E-state index in [-0.39, 0.29) is 18.2 Å². The molecule has 0 aliphatic carbocycles. The number of nitrogens with one attached hydrogen (secondary N) is 1. The van der Waals surface area contributed by atoms with E-state index in [1.54, 1.807) is 40.1 Å². The second-order valence-corrected chi connectivity index (χ2v) is 5.92. The second-order valence-electron chi connectivity index (χ2n) is 5.92. The largest absolute Gasteiger partial charge is 0.336 e. The molecule has 25 heavy (non-hydrogen) atoms. The molecule has 3 aromatic rings. The van der Waals surface area contributed by atoms with Gasteiger partial charge in [-0.05, 0) is 18.2 Å². The van der Waals surface area contributed by atoms with Crippen LogP contribution in [0.3, 0.4) is 0 Å². The van der Waals surface area contributed by atoms with E-state index in [9.17, 15) is 9.59 Å². The van der Waals surface area contributed by atoms with Gasteiger partial charge < -0.3 is 10.2 Å². The highest BCUT2D eigenvalue weighted by atomic mass is 16.2. The van der Waals surface area contributed by atoms with Crippen molar-refractivity contribution in [3.05, 3.63) is 54.6 Å². The Morgan fingerprint density at radius 2 is 2.08 bits per heavy atom. The van der Waals surface area contributed by atoms with Gasteiger partial charge in [-0.3, -0.25) is 14.6 Å². The number of fused-ring (bicyclic) bond motifs is 1. The Kier molecular flexibility index (Phi) is 3.85. The van der Waals surface area contributed by atoms with Crippen LogP contribution in [0, 0.1) is 5.92 Å². The van der Waals surface area contributed by atoms with Crippen molar-refractivity contribution in [3.63, 3.8) is 0 Å². The maximum Gasteiger partial charge on any atom is 0.230 e. The highest BCUT2D eigenvalue weighted by Crippen LogP contribution is 2.21. The van der Waals surface area contributed by atoms with E-state index < -0.39 is 5.92 Å². The number of rotatable bonds is 4. The minimum atomic E-state index is -0.394. The fourth-order valence-electron chi connectivity index (χ4n) is 2.95. The van der Waals surface area contributed by atoms with Crippen LogP contribution in [0.2, 0.25) is 0 Å². The number of carbonyl (C=O) groups excluding carboxylic acids is 2. The van der Waals surface area contributed by atoms with E-state index in [4.69, 9.17) is 0 Å². The van der Waals surface area contributed by atoms with E-state index in [0.717, 1.165) is 5.69 Å². The predicted octanol–water partition coefficient (Wildman–Crippen LogP) is 1.11. The summed E-state index contributed by atoms with van der Waals surface area (Å²) in [5.74, 6) is -0.0877. The number of likely N-dealkylation sites (tertiary alicyclic amines) is 1. The monoisotopic (exact) mass is 336 g/mol. The minimum absolute atomic E-state index is 0.0373. The van der Waals surface area contributed by atoms with Crippen LogP contribution in [0.1, 0.15) is 12.1 Å². The second kappa shape index (κ2) is 6.31. The van der Waals surface area contributed by atoms with Gasteiger partial charge in [0.2, 0.25) is 11.8 Å². The zero-order chi connectivity index (χ0) is 17.2. The van der Waals surface area contributed by atoms with Crippen LogP contribution in [0.25, 0.3) is 5.65 Å². The molecule has 1 aliphatic rings. The molecule has 1 unspecified atom stereocenters. The number of amides is 2. The Morgan fingerprint density at radius 1 is 1.16 bits per heavy atom. The molecule has 0 spiro atoms. The maximum absolute atomic E-state index is 12.6. The van der Waals surface area contributed by atoms with Crippen LogP contribution < -0.4 is 5.32 Å². The van der Waals surface area contributed by atoms with Gasteiger partial charge in [-0.2, -0.15) is 9.61 Å². The summed E-state index contributed by atoms with van der Waals surface area (Å²) < 4.78 is 1.56. The van der Waals surface area contributed by atoms with Gasteiger partial charge in [0.25, 0.3) is 0 Å². The van der Waals surface area contributed by atoms with Gasteiger partial charge in [0.05, 0.1) is 24.4 Å². The van der Waals surface area contributed by atoms with E-state index in [2.05, 4.69) is 20.4 Å². The minimum Gasteiger partial charge on any atom is -0.336 e. The van der Waals surface area contributed by atoms with Crippen LogP contribution >= 0.6 is 0 Å². The molecule has 1 fully saturated rings. The van der Waals surface area contributed by atoms with Gasteiger partial charge in [0.15, 0.2) is 5.65 Å². The number of carbonyl (C=O) groups is 2. The summed E-state index contributed by atoms with van der Waals surface area (Å²) in [6.07, 6.45) is 5.12. The molecular weight excluding hydrogens is 320 g/mol. The molecule has 0 radical (unpaired) electrons. The molecule has 4 rings (SSSR count). The van der Waals surface area contributed by atoms with Crippen molar-refractivity contribution in [2.24, 2.45) is 5.92 Å². The number of aromatic nitrogens is 4. The Hall–Kier alpha value is -3.29. The molecular formula is C17H16N6O2. The lowest BCUT2D eigenvalue weighted by molar-refractivity contribution is -0.128. The van der Waals surface area contributed by atoms with Gasteiger partial charge in [0.1, 0.15) is 5.82 Å². The molecule has 0 bridgehead atoms. The molecule has 1 N–H and O–H groups in total. The first-order valence-electron chi connectivity index (χ1n) is 7.98. The van der Waals surface area contributed by atoms with E-state index in [1.165, 1.54) is 0 Å². The summed E-state index contributed by atoms with van der Waals surface area (Å²) in [4.78, 5) is 34.8. The van der Waals surface area contributed by atoms with Gasteiger partial charge in [-0.25, -0.2) is 4.98 Å². The summed E-state index contributed by atoms with van der Waals surface area (Å²) in [6.45, 7) is 0.802. The normalized spacial score (nSPS) is 17.2. The molecule has 0 saturated carbocycles. The van der Waals surface area contributed by atoms with Crippen molar-refractivity contribution in [1.82, 2.24) is 24.5 Å². The molecule has 1 atom stereocenters. The molecule has 3 aromatic heterocycles. The quantitative estimate of drug-likeness (QED) is 0.770. The highest BCUT2D eigenvalue weighted by molar-refractivity contribution is 5.96. The average Bonchev–Trinajstić information content (AvgIpc) is 3.24. The van der Waals surface area contributed by atoms with Crippen molar-refractivity contribution in [2.75, 3.05) is 11.9 Å². The first-order chi connectivity index (χ1) is 12.2. The summed E-state index contributed by atoms with van der Waals surface area (Å²) in [7, 11) is 0. The van der Waals surface area contributed by atoms with Crippen molar-refractivity contribution < 1.29 is 9.59 Å². The van der Waals surface area contributed by atoms with Crippen molar-refractivity contribution >= 4 is 23.3 Å². The van der Waals surface area contributed by atoms with Gasteiger partial charge in [0, 0.05) is 31.4 Å². The van der Waals surface area contributed by atoms with Crippen molar-refractivity contribution in [3.8, 4) is 0 Å². The third-order valence-corrected chi connectivity index (χ3v) is 4.21. The lowest BCUT2D eigenvalue weighted by atomic mass is 10.1. The zero-order valence-electron chi connectivity index (χ0n) is 13.4. The lowest BCUT2D eigenvalue weighted by Gasteiger charge is -2.16. The van der Waals surface area contributed by atoms with Gasteiger partial charge >= 0.3 is 0 Å². The van der Waals surface area contributed by atoms with Crippen LogP contribution in [0.15, 0.2) is 48.9 Å². The standard InChI is InChI=1S/C17H16N6O2/c24-16-9-12(10-22(16)11-13-3-1-2-6-18-13)17(25)21-15-4-7-19-14-5-8-20-23(14)15/h1-8,12H,9-11H2,(H,21,25). The molecule has 1 saturated heterocycles. The predicted molar refractivity (Wildman–Crippen MR) is 89.4 cm³/mol. The topological polar surface area (TPSA) is 92.5 Å². The smallest absolute Gasteiger partial charge is 0.230 e. The third kappa shape index (κ3) is 3.06. The molecule has 126 valence electrons. The SMILES string of the molecule is O=C(Nc1ccnc2ccnn12)C1CC(=O)N(Cc2ccccn2)C1. The fourth-order valence-corrected chi connectivity index (χ4v) is 2.95. The Balaban J connectivity index is 1.45. The maximum atomic E-state index is 12.6. The zero-order valence-corrected chi connectivity index (χ0v) is 13.4. The third-order valence-electron chi connectivity index (χ3n) is 4.21. The van der Waals surface area contributed by atoms with Gasteiger partial charge in [-0.15, -0.1) is 0 Å². The van der Waals surface area contributed by atoms with Crippen molar-refractivity contribution in [2.45, 2.75) is 13.0 Å². The first kappa shape index (κ1) is 15.3. The van der Waals surface area contributed by atoms with Gasteiger partial charge in [-0.1, -0.05) is 6.07 Å². The summed E-state index contributed by atoms with van der Waals surface area (Å²) in [6, 6.07) is 9.01. The fraction of sp³-hybridized carbons (Fsp3) is 0.235. The lowest BCUT2D eigenvalue weighted by Crippen LogP contribution is -2.28. The summed E-state index contributed by atoms with van der Waals surface area (Å²) in [5.41, 5.74) is 1.46. The molecule has 8 nitrogen and oxygen atoms in total. The van der Waals surface area contributed by atoms with E-state index in [0.29, 0.717) is 24.6 Å². The molecule has 8 heteroatoms. The Labute approximate surface area is 143 Å². The number of hydrogen-bond donors (Lipinski definition) is 1. The molecule has 4 heterocycles.